The molecule has 0 bridgehead atoms. The third kappa shape index (κ3) is 6.63. The molecule has 1 aromatic rings. The van der Waals surface area contributed by atoms with Crippen molar-refractivity contribution in [1.29, 1.82) is 0 Å². The van der Waals surface area contributed by atoms with Gasteiger partial charge in [0.1, 0.15) is 11.9 Å². The number of nitrogens with one attached hydrogen (secondary N) is 2. The Labute approximate surface area is 155 Å². The number of carbonyl (C=O) groups excluding carboxylic acids is 2. The SMILES string of the molecule is CCC(N)(CC)CNC(=O)C(NC(=O)c1ccccc1F)C(C)C.Cl. The largest absolute Gasteiger partial charge is 0.352 e. The number of hydrogen-bond donors (Lipinski definition) is 3. The van der Waals surface area contributed by atoms with Crippen molar-refractivity contribution in [3.8, 4) is 0 Å². The van der Waals surface area contributed by atoms with Crippen molar-refractivity contribution < 1.29 is 14.0 Å². The maximum atomic E-state index is 13.7. The van der Waals surface area contributed by atoms with E-state index in [9.17, 15) is 14.0 Å². The van der Waals surface area contributed by atoms with Gasteiger partial charge < -0.3 is 16.4 Å². The molecule has 0 heterocycles. The maximum Gasteiger partial charge on any atom is 0.254 e. The van der Waals surface area contributed by atoms with Crippen molar-refractivity contribution in [3.05, 3.63) is 35.6 Å². The van der Waals surface area contributed by atoms with E-state index in [-0.39, 0.29) is 29.8 Å². The lowest BCUT2D eigenvalue weighted by molar-refractivity contribution is -0.124. The molecule has 0 saturated carbocycles. The fraction of sp³-hybridized carbons (Fsp3) is 0.556. The predicted molar refractivity (Wildman–Crippen MR) is 100 cm³/mol. The van der Waals surface area contributed by atoms with Gasteiger partial charge in [0.05, 0.1) is 5.56 Å². The smallest absolute Gasteiger partial charge is 0.254 e. The van der Waals surface area contributed by atoms with E-state index in [2.05, 4.69) is 10.6 Å². The minimum absolute atomic E-state index is 0. The summed E-state index contributed by atoms with van der Waals surface area (Å²) < 4.78 is 13.7. The minimum atomic E-state index is -0.755. The van der Waals surface area contributed by atoms with Crippen LogP contribution < -0.4 is 16.4 Å². The first-order valence-electron chi connectivity index (χ1n) is 8.36. The van der Waals surface area contributed by atoms with Gasteiger partial charge in [-0.15, -0.1) is 12.4 Å². The molecule has 7 heteroatoms. The van der Waals surface area contributed by atoms with E-state index in [1.165, 1.54) is 18.2 Å². The van der Waals surface area contributed by atoms with Crippen molar-refractivity contribution in [1.82, 2.24) is 10.6 Å². The Hall–Kier alpha value is -1.66. The highest BCUT2D eigenvalue weighted by atomic mass is 35.5. The Morgan fingerprint density at radius 2 is 1.76 bits per heavy atom. The van der Waals surface area contributed by atoms with Crippen molar-refractivity contribution in [2.45, 2.75) is 52.1 Å². The molecule has 4 N–H and O–H groups in total. The molecule has 0 radical (unpaired) electrons. The van der Waals surface area contributed by atoms with Crippen LogP contribution >= 0.6 is 12.4 Å². The Morgan fingerprint density at radius 3 is 2.24 bits per heavy atom. The zero-order chi connectivity index (χ0) is 18.3. The maximum absolute atomic E-state index is 13.7. The van der Waals surface area contributed by atoms with Crippen LogP contribution in [0.1, 0.15) is 50.9 Å². The van der Waals surface area contributed by atoms with E-state index in [1.54, 1.807) is 6.07 Å². The third-order valence-corrected chi connectivity index (χ3v) is 4.38. The van der Waals surface area contributed by atoms with Gasteiger partial charge in [-0.2, -0.15) is 0 Å². The van der Waals surface area contributed by atoms with E-state index < -0.39 is 23.3 Å². The first-order valence-corrected chi connectivity index (χ1v) is 8.36. The molecule has 0 aromatic heterocycles. The van der Waals surface area contributed by atoms with Crippen molar-refractivity contribution in [2.24, 2.45) is 11.7 Å². The Balaban J connectivity index is 0.00000576. The first-order chi connectivity index (χ1) is 11.2. The second kappa shape index (κ2) is 10.4. The lowest BCUT2D eigenvalue weighted by Crippen LogP contribution is -2.55. The lowest BCUT2D eigenvalue weighted by Gasteiger charge is -2.29. The molecule has 0 aliphatic heterocycles. The Kier molecular flexibility index (Phi) is 9.67. The zero-order valence-electron chi connectivity index (χ0n) is 15.3. The minimum Gasteiger partial charge on any atom is -0.352 e. The summed E-state index contributed by atoms with van der Waals surface area (Å²) in [6, 6.07) is 4.93. The number of nitrogens with two attached hydrogens (primary N) is 1. The lowest BCUT2D eigenvalue weighted by atomic mass is 9.94. The van der Waals surface area contributed by atoms with Gasteiger partial charge in [0.15, 0.2) is 0 Å². The van der Waals surface area contributed by atoms with Crippen LogP contribution in [0.2, 0.25) is 0 Å². The van der Waals surface area contributed by atoms with E-state index in [0.29, 0.717) is 6.54 Å². The van der Waals surface area contributed by atoms with Gasteiger partial charge in [-0.25, -0.2) is 4.39 Å². The molecule has 1 rings (SSSR count). The van der Waals surface area contributed by atoms with Crippen molar-refractivity contribution >= 4 is 24.2 Å². The molecule has 0 spiro atoms. The third-order valence-electron chi connectivity index (χ3n) is 4.38. The number of hydrogen-bond acceptors (Lipinski definition) is 3. The number of rotatable bonds is 8. The summed E-state index contributed by atoms with van der Waals surface area (Å²) in [5.41, 5.74) is 5.64. The highest BCUT2D eigenvalue weighted by Crippen LogP contribution is 2.11. The Bertz CT molecular complexity index is 577. The van der Waals surface area contributed by atoms with Gasteiger partial charge in [-0.05, 0) is 30.9 Å². The van der Waals surface area contributed by atoms with Crippen LogP contribution in [0.4, 0.5) is 4.39 Å². The molecule has 142 valence electrons. The number of amides is 2. The number of benzene rings is 1. The van der Waals surface area contributed by atoms with Crippen molar-refractivity contribution in [2.75, 3.05) is 6.54 Å². The van der Waals surface area contributed by atoms with Crippen LogP contribution in [0.5, 0.6) is 0 Å². The summed E-state index contributed by atoms with van der Waals surface area (Å²) in [4.78, 5) is 24.7. The van der Waals surface area contributed by atoms with Gasteiger partial charge in [0.2, 0.25) is 5.91 Å². The summed E-state index contributed by atoms with van der Waals surface area (Å²) >= 11 is 0. The molecule has 2 amide bonds. The second-order valence-corrected chi connectivity index (χ2v) is 6.46. The molecule has 0 fully saturated rings. The zero-order valence-corrected chi connectivity index (χ0v) is 16.1. The van der Waals surface area contributed by atoms with Crippen LogP contribution in [-0.2, 0) is 4.79 Å². The van der Waals surface area contributed by atoms with E-state index in [0.717, 1.165) is 12.8 Å². The van der Waals surface area contributed by atoms with E-state index in [4.69, 9.17) is 5.73 Å². The molecule has 0 aliphatic rings. The van der Waals surface area contributed by atoms with Crippen LogP contribution in [-0.4, -0.2) is 29.9 Å². The fourth-order valence-corrected chi connectivity index (χ4v) is 2.27. The summed E-state index contributed by atoms with van der Waals surface area (Å²) in [6.07, 6.45) is 1.47. The average molecular weight is 374 g/mol. The van der Waals surface area contributed by atoms with Crippen LogP contribution in [0.25, 0.3) is 0 Å². The highest BCUT2D eigenvalue weighted by Gasteiger charge is 2.28. The second-order valence-electron chi connectivity index (χ2n) is 6.46. The van der Waals surface area contributed by atoms with E-state index >= 15 is 0 Å². The molecule has 1 aromatic carbocycles. The normalized spacial score (nSPS) is 12.3. The van der Waals surface area contributed by atoms with Gasteiger partial charge >= 0.3 is 0 Å². The molecule has 1 unspecified atom stereocenters. The molecule has 0 aliphatic carbocycles. The summed E-state index contributed by atoms with van der Waals surface area (Å²) in [5.74, 6) is -1.68. The van der Waals surface area contributed by atoms with Gasteiger partial charge in [-0.1, -0.05) is 39.8 Å². The fourth-order valence-electron chi connectivity index (χ4n) is 2.27. The molecule has 5 nitrogen and oxygen atoms in total. The summed E-state index contributed by atoms with van der Waals surface area (Å²) in [6.45, 7) is 7.91. The predicted octanol–water partition coefficient (Wildman–Crippen LogP) is 2.64. The molecule has 25 heavy (non-hydrogen) atoms. The Morgan fingerprint density at radius 1 is 1.20 bits per heavy atom. The topological polar surface area (TPSA) is 84.2 Å². The average Bonchev–Trinajstić information content (AvgIpc) is 2.57. The summed E-state index contributed by atoms with van der Waals surface area (Å²) in [5, 5.41) is 5.42. The van der Waals surface area contributed by atoms with Crippen LogP contribution in [0, 0.1) is 11.7 Å². The van der Waals surface area contributed by atoms with Crippen LogP contribution in [0.3, 0.4) is 0 Å². The van der Waals surface area contributed by atoms with Crippen molar-refractivity contribution in [3.63, 3.8) is 0 Å². The van der Waals surface area contributed by atoms with Gasteiger partial charge in [0, 0.05) is 12.1 Å². The summed E-state index contributed by atoms with van der Waals surface area (Å²) in [7, 11) is 0. The standard InChI is InChI=1S/C18H28FN3O2.ClH/c1-5-18(20,6-2)11-21-17(24)15(12(3)4)22-16(23)13-9-7-8-10-14(13)19;/h7-10,12,15H,5-6,11,20H2,1-4H3,(H,21,24)(H,22,23);1H. The number of halogens is 2. The van der Waals surface area contributed by atoms with Gasteiger partial charge in [-0.3, -0.25) is 9.59 Å². The monoisotopic (exact) mass is 373 g/mol. The highest BCUT2D eigenvalue weighted by molar-refractivity contribution is 5.97. The molecular formula is C18H29ClFN3O2. The molecule has 1 atom stereocenters. The van der Waals surface area contributed by atoms with Gasteiger partial charge in [0.25, 0.3) is 5.91 Å². The molecular weight excluding hydrogens is 345 g/mol. The van der Waals surface area contributed by atoms with Crippen LogP contribution in [0.15, 0.2) is 24.3 Å². The first kappa shape index (κ1) is 23.3. The molecule has 0 saturated heterocycles. The van der Waals surface area contributed by atoms with E-state index in [1.807, 2.05) is 27.7 Å². The quantitative estimate of drug-likeness (QED) is 0.655. The number of carbonyl (C=O) groups is 2.